The number of halogens is 2. The summed E-state index contributed by atoms with van der Waals surface area (Å²) in [5.74, 6) is -1.17. The molecule has 7 nitrogen and oxygen atoms in total. The molecule has 4 rings (SSSR count). The Hall–Kier alpha value is -2.27. The maximum absolute atomic E-state index is 13.1. The highest BCUT2D eigenvalue weighted by Crippen LogP contribution is 2.31. The van der Waals surface area contributed by atoms with E-state index in [1.165, 1.54) is 4.31 Å². The Bertz CT molecular complexity index is 1450. The fourth-order valence-electron chi connectivity index (χ4n) is 5.01. The van der Waals surface area contributed by atoms with E-state index in [0.29, 0.717) is 27.4 Å². The minimum atomic E-state index is -3.71. The van der Waals surface area contributed by atoms with E-state index >= 15 is 0 Å². The molecule has 0 aliphatic carbocycles. The quantitative estimate of drug-likeness (QED) is 0.216. The van der Waals surface area contributed by atoms with Gasteiger partial charge in [0.2, 0.25) is 15.8 Å². The lowest BCUT2D eigenvalue weighted by atomic mass is 9.98. The molecule has 0 spiro atoms. The highest BCUT2D eigenvalue weighted by molar-refractivity contribution is 9.11. The van der Waals surface area contributed by atoms with Crippen molar-refractivity contribution >= 4 is 53.6 Å². The molecule has 0 radical (unpaired) electrons. The van der Waals surface area contributed by atoms with E-state index in [-0.39, 0.29) is 36.4 Å². The third-order valence-corrected chi connectivity index (χ3v) is 10.5. The monoisotopic (exact) mass is 664 g/mol. The van der Waals surface area contributed by atoms with Crippen LogP contribution in [0.25, 0.3) is 0 Å². The number of rotatable bonds is 8. The standard InChI is InChI=1S/C28H30Br2N2O5S/c1-18-15-24(20(3)32(18)19(2)21-7-5-4-6-8-21)26(33)17-37-28(34)22-11-13-31(14-12-22)38(35,36)27-16-23(29)9-10-25(27)30/h4-10,15-16,19,22H,11-14,17H2,1-3H3. The van der Waals surface area contributed by atoms with E-state index in [4.69, 9.17) is 4.74 Å². The summed E-state index contributed by atoms with van der Waals surface area (Å²) in [7, 11) is -3.71. The van der Waals surface area contributed by atoms with Gasteiger partial charge < -0.3 is 9.30 Å². The normalized spacial score (nSPS) is 15.8. The van der Waals surface area contributed by atoms with Gasteiger partial charge in [0.25, 0.3) is 0 Å². The second kappa shape index (κ2) is 11.9. The van der Waals surface area contributed by atoms with Crippen molar-refractivity contribution in [2.45, 2.75) is 44.6 Å². The van der Waals surface area contributed by atoms with Crippen LogP contribution in [0.1, 0.15) is 53.1 Å². The van der Waals surface area contributed by atoms with Gasteiger partial charge in [0.1, 0.15) is 0 Å². The lowest BCUT2D eigenvalue weighted by Crippen LogP contribution is -2.40. The summed E-state index contributed by atoms with van der Waals surface area (Å²) >= 11 is 6.64. The fourth-order valence-corrected chi connectivity index (χ4v) is 7.95. The summed E-state index contributed by atoms with van der Waals surface area (Å²) in [4.78, 5) is 25.9. The number of esters is 1. The summed E-state index contributed by atoms with van der Waals surface area (Å²) in [5.41, 5.74) is 3.47. The summed E-state index contributed by atoms with van der Waals surface area (Å²) in [6.07, 6.45) is 0.669. The van der Waals surface area contributed by atoms with Gasteiger partial charge in [-0.1, -0.05) is 46.3 Å². The molecule has 1 aliphatic heterocycles. The van der Waals surface area contributed by atoms with Crippen LogP contribution in [-0.2, 0) is 19.6 Å². The van der Waals surface area contributed by atoms with Crippen LogP contribution >= 0.6 is 31.9 Å². The van der Waals surface area contributed by atoms with Gasteiger partial charge in [-0.3, -0.25) is 9.59 Å². The van der Waals surface area contributed by atoms with Crippen LogP contribution in [0, 0.1) is 19.8 Å². The van der Waals surface area contributed by atoms with E-state index in [1.807, 2.05) is 38.1 Å². The molecule has 0 amide bonds. The number of hydrogen-bond donors (Lipinski definition) is 0. The summed E-state index contributed by atoms with van der Waals surface area (Å²) in [5, 5.41) is 0. The van der Waals surface area contributed by atoms with Crippen molar-refractivity contribution in [3.05, 3.63) is 86.1 Å². The van der Waals surface area contributed by atoms with Crippen LogP contribution in [0.5, 0.6) is 0 Å². The molecule has 2 aromatic carbocycles. The summed E-state index contributed by atoms with van der Waals surface area (Å²) < 4.78 is 36.3. The van der Waals surface area contributed by atoms with Gasteiger partial charge in [-0.2, -0.15) is 4.31 Å². The van der Waals surface area contributed by atoms with Gasteiger partial charge in [0, 0.05) is 39.0 Å². The first-order valence-corrected chi connectivity index (χ1v) is 15.4. The predicted octanol–water partition coefficient (Wildman–Crippen LogP) is 6.07. The average Bonchev–Trinajstić information content (AvgIpc) is 3.22. The first-order chi connectivity index (χ1) is 18.0. The lowest BCUT2D eigenvalue weighted by molar-refractivity contribution is -0.148. The maximum Gasteiger partial charge on any atom is 0.309 e. The predicted molar refractivity (Wildman–Crippen MR) is 153 cm³/mol. The number of carbonyl (C=O) groups is 2. The number of nitrogens with zero attached hydrogens (tertiary/aromatic N) is 2. The SMILES string of the molecule is Cc1cc(C(=O)COC(=O)C2CCN(S(=O)(=O)c3cc(Br)ccc3Br)CC2)c(C)n1C(C)c1ccccc1. The molecule has 1 unspecified atom stereocenters. The Kier molecular flexibility index (Phi) is 8.96. The minimum absolute atomic E-state index is 0.0550. The van der Waals surface area contributed by atoms with Gasteiger partial charge >= 0.3 is 5.97 Å². The molecule has 1 saturated heterocycles. The van der Waals surface area contributed by atoms with Crippen LogP contribution in [-0.4, -0.2) is 48.7 Å². The van der Waals surface area contributed by atoms with E-state index in [2.05, 4.69) is 55.5 Å². The van der Waals surface area contributed by atoms with E-state index in [0.717, 1.165) is 17.0 Å². The van der Waals surface area contributed by atoms with E-state index in [9.17, 15) is 18.0 Å². The van der Waals surface area contributed by atoms with E-state index in [1.54, 1.807) is 18.2 Å². The molecule has 0 bridgehead atoms. The number of hydrogen-bond acceptors (Lipinski definition) is 5. The number of ketones is 1. The molecule has 1 atom stereocenters. The van der Waals surface area contributed by atoms with Crippen molar-refractivity contribution in [3.8, 4) is 0 Å². The van der Waals surface area contributed by atoms with Gasteiger partial charge in [0.05, 0.1) is 16.9 Å². The topological polar surface area (TPSA) is 85.7 Å². The number of Topliss-reactive ketones (excluding diaryl/α,β-unsaturated/α-hetero) is 1. The van der Waals surface area contributed by atoms with Crippen LogP contribution in [0.4, 0.5) is 0 Å². The minimum Gasteiger partial charge on any atom is -0.457 e. The Morgan fingerprint density at radius 3 is 2.34 bits per heavy atom. The molecular formula is C28H30Br2N2O5S. The second-order valence-corrected chi connectivity index (χ2v) is 13.2. The molecule has 10 heteroatoms. The van der Waals surface area contributed by atoms with Gasteiger partial charge in [-0.05, 0) is 79.4 Å². The zero-order valence-corrected chi connectivity index (χ0v) is 25.5. The Balaban J connectivity index is 1.35. The number of carbonyl (C=O) groups excluding carboxylic acids is 2. The van der Waals surface area contributed by atoms with Crippen molar-refractivity contribution in [1.82, 2.24) is 8.87 Å². The smallest absolute Gasteiger partial charge is 0.309 e. The van der Waals surface area contributed by atoms with Gasteiger partial charge in [-0.25, -0.2) is 8.42 Å². The number of sulfonamides is 1. The molecule has 0 N–H and O–H groups in total. The zero-order chi connectivity index (χ0) is 27.6. The first kappa shape index (κ1) is 28.7. The molecular weight excluding hydrogens is 636 g/mol. The Labute approximate surface area is 240 Å². The second-order valence-electron chi connectivity index (χ2n) is 9.53. The lowest BCUT2D eigenvalue weighted by Gasteiger charge is -2.30. The Morgan fingerprint density at radius 2 is 1.68 bits per heavy atom. The average molecular weight is 666 g/mol. The number of ether oxygens (including phenoxy) is 1. The molecule has 3 aromatic rings. The largest absolute Gasteiger partial charge is 0.457 e. The van der Waals surface area contributed by atoms with Crippen LogP contribution < -0.4 is 0 Å². The van der Waals surface area contributed by atoms with Crippen molar-refractivity contribution < 1.29 is 22.7 Å². The maximum atomic E-state index is 13.1. The summed E-state index contributed by atoms with van der Waals surface area (Å²) in [6, 6.07) is 17.0. The number of benzene rings is 2. The molecule has 1 aliphatic rings. The molecule has 38 heavy (non-hydrogen) atoms. The summed E-state index contributed by atoms with van der Waals surface area (Å²) in [6.45, 7) is 6.02. The molecule has 202 valence electrons. The van der Waals surface area contributed by atoms with Crippen molar-refractivity contribution in [2.24, 2.45) is 5.92 Å². The number of aromatic nitrogens is 1. The van der Waals surface area contributed by atoms with Crippen molar-refractivity contribution in [1.29, 1.82) is 0 Å². The first-order valence-electron chi connectivity index (χ1n) is 12.4. The molecule has 0 saturated carbocycles. The van der Waals surface area contributed by atoms with Gasteiger partial charge in [0.15, 0.2) is 6.61 Å². The molecule has 1 aromatic heterocycles. The highest BCUT2D eigenvalue weighted by atomic mass is 79.9. The third-order valence-electron chi connectivity index (χ3n) is 7.10. The highest BCUT2D eigenvalue weighted by Gasteiger charge is 2.34. The van der Waals surface area contributed by atoms with Crippen LogP contribution in [0.15, 0.2) is 68.4 Å². The zero-order valence-electron chi connectivity index (χ0n) is 21.5. The van der Waals surface area contributed by atoms with Crippen LogP contribution in [0.3, 0.4) is 0 Å². The molecule has 1 fully saturated rings. The number of piperidine rings is 1. The Morgan fingerprint density at radius 1 is 1.03 bits per heavy atom. The number of aryl methyl sites for hydroxylation is 1. The van der Waals surface area contributed by atoms with Gasteiger partial charge in [-0.15, -0.1) is 0 Å². The molecule has 2 heterocycles. The van der Waals surface area contributed by atoms with Crippen molar-refractivity contribution in [3.63, 3.8) is 0 Å². The third kappa shape index (κ3) is 5.98. The van der Waals surface area contributed by atoms with Crippen LogP contribution in [0.2, 0.25) is 0 Å². The van der Waals surface area contributed by atoms with Crippen molar-refractivity contribution in [2.75, 3.05) is 19.7 Å². The fraction of sp³-hybridized carbons (Fsp3) is 0.357. The van der Waals surface area contributed by atoms with E-state index < -0.39 is 21.9 Å².